The van der Waals surface area contributed by atoms with E-state index in [1.165, 1.54) is 18.7 Å². The molecule has 0 aliphatic carbocycles. The van der Waals surface area contributed by atoms with Crippen molar-refractivity contribution >= 4 is 18.0 Å². The van der Waals surface area contributed by atoms with Gasteiger partial charge in [0, 0.05) is 32.3 Å². The minimum Gasteiger partial charge on any atom is -0.465 e. The highest BCUT2D eigenvalue weighted by atomic mass is 16.5. The van der Waals surface area contributed by atoms with Crippen molar-refractivity contribution in [3.8, 4) is 0 Å². The first-order chi connectivity index (χ1) is 14.1. The minimum atomic E-state index is -0.382. The van der Waals surface area contributed by atoms with Crippen LogP contribution < -0.4 is 5.32 Å². The third kappa shape index (κ3) is 6.55. The Morgan fingerprint density at radius 1 is 1.17 bits per heavy atom. The van der Waals surface area contributed by atoms with E-state index in [0.29, 0.717) is 18.7 Å². The van der Waals surface area contributed by atoms with Gasteiger partial charge in [-0.3, -0.25) is 9.69 Å². The Labute approximate surface area is 171 Å². The van der Waals surface area contributed by atoms with Gasteiger partial charge in [0.2, 0.25) is 5.91 Å². The Hall–Kier alpha value is -2.96. The van der Waals surface area contributed by atoms with E-state index in [2.05, 4.69) is 27.1 Å². The van der Waals surface area contributed by atoms with Crippen molar-refractivity contribution in [3.63, 3.8) is 0 Å². The second kappa shape index (κ2) is 10.5. The first-order valence-electron chi connectivity index (χ1n) is 9.66. The van der Waals surface area contributed by atoms with E-state index in [9.17, 15) is 9.59 Å². The molecule has 6 heteroatoms. The van der Waals surface area contributed by atoms with E-state index < -0.39 is 0 Å². The summed E-state index contributed by atoms with van der Waals surface area (Å²) in [5.74, 6) is -0.558. The summed E-state index contributed by atoms with van der Waals surface area (Å²) in [5.41, 5.74) is 2.58. The summed E-state index contributed by atoms with van der Waals surface area (Å²) in [4.78, 5) is 25.9. The zero-order valence-corrected chi connectivity index (χ0v) is 16.5. The molecule has 3 rings (SSSR count). The first kappa shape index (κ1) is 20.8. The van der Waals surface area contributed by atoms with Gasteiger partial charge < -0.3 is 14.8 Å². The standard InChI is InChI=1S/C23H26N2O4/c1-28-23(27)20-10-7-18(8-11-20)9-12-22(26)24-15-21-17-25(13-14-29-21)16-19-5-3-2-4-6-19/h2-12,21H,13-17H2,1H3,(H,24,26). The number of carbonyl (C=O) groups excluding carboxylic acids is 2. The second-order valence-electron chi connectivity index (χ2n) is 6.91. The maximum Gasteiger partial charge on any atom is 0.337 e. The average molecular weight is 394 g/mol. The summed E-state index contributed by atoms with van der Waals surface area (Å²) >= 11 is 0. The van der Waals surface area contributed by atoms with Crippen LogP contribution in [0, 0.1) is 0 Å². The molecule has 0 aromatic heterocycles. The van der Waals surface area contributed by atoms with Gasteiger partial charge >= 0.3 is 5.97 Å². The van der Waals surface area contributed by atoms with Crippen LogP contribution in [0.3, 0.4) is 0 Å². The third-order valence-electron chi connectivity index (χ3n) is 4.73. The SMILES string of the molecule is COC(=O)c1ccc(C=CC(=O)NCC2CN(Cc3ccccc3)CCO2)cc1. The number of hydrogen-bond donors (Lipinski definition) is 1. The number of hydrogen-bond acceptors (Lipinski definition) is 5. The number of esters is 1. The van der Waals surface area contributed by atoms with Gasteiger partial charge in [0.05, 0.1) is 25.4 Å². The monoisotopic (exact) mass is 394 g/mol. The van der Waals surface area contributed by atoms with E-state index >= 15 is 0 Å². The lowest BCUT2D eigenvalue weighted by molar-refractivity contribution is -0.117. The van der Waals surface area contributed by atoms with Crippen LogP contribution in [-0.2, 0) is 20.8 Å². The van der Waals surface area contributed by atoms with Crippen LogP contribution in [0.4, 0.5) is 0 Å². The quantitative estimate of drug-likeness (QED) is 0.577. The van der Waals surface area contributed by atoms with Crippen LogP contribution in [-0.4, -0.2) is 56.2 Å². The zero-order valence-electron chi connectivity index (χ0n) is 16.5. The third-order valence-corrected chi connectivity index (χ3v) is 4.73. The van der Waals surface area contributed by atoms with Crippen LogP contribution >= 0.6 is 0 Å². The van der Waals surface area contributed by atoms with Gasteiger partial charge in [0.1, 0.15) is 0 Å². The number of benzene rings is 2. The van der Waals surface area contributed by atoms with Gasteiger partial charge in [-0.05, 0) is 29.3 Å². The normalized spacial score (nSPS) is 17.2. The largest absolute Gasteiger partial charge is 0.465 e. The minimum absolute atomic E-state index is 0.0239. The van der Waals surface area contributed by atoms with Crippen molar-refractivity contribution in [2.75, 3.05) is 33.4 Å². The number of ether oxygens (including phenoxy) is 2. The first-order valence-corrected chi connectivity index (χ1v) is 9.66. The van der Waals surface area contributed by atoms with Crippen LogP contribution in [0.15, 0.2) is 60.7 Å². The van der Waals surface area contributed by atoms with E-state index in [1.807, 2.05) is 18.2 Å². The molecule has 0 spiro atoms. The highest BCUT2D eigenvalue weighted by Gasteiger charge is 2.20. The lowest BCUT2D eigenvalue weighted by atomic mass is 10.1. The molecule has 0 bridgehead atoms. The molecule has 2 aromatic carbocycles. The Morgan fingerprint density at radius 3 is 2.66 bits per heavy atom. The van der Waals surface area contributed by atoms with Gasteiger partial charge in [0.15, 0.2) is 0 Å². The molecule has 1 unspecified atom stereocenters. The molecule has 1 N–H and O–H groups in total. The molecule has 29 heavy (non-hydrogen) atoms. The Kier molecular flexibility index (Phi) is 7.55. The number of carbonyl (C=O) groups is 2. The van der Waals surface area contributed by atoms with Gasteiger partial charge in [-0.2, -0.15) is 0 Å². The molecule has 0 radical (unpaired) electrons. The molecule has 6 nitrogen and oxygen atoms in total. The van der Waals surface area contributed by atoms with Gasteiger partial charge in [-0.25, -0.2) is 4.79 Å². The Balaban J connectivity index is 1.43. The summed E-state index contributed by atoms with van der Waals surface area (Å²) < 4.78 is 10.4. The summed E-state index contributed by atoms with van der Waals surface area (Å²) in [7, 11) is 1.34. The Morgan fingerprint density at radius 2 is 1.93 bits per heavy atom. The predicted octanol–water partition coefficient (Wildman–Crippen LogP) is 2.50. The van der Waals surface area contributed by atoms with Crippen LogP contribution in [0.1, 0.15) is 21.5 Å². The number of methoxy groups -OCH3 is 1. The van der Waals surface area contributed by atoms with Crippen LogP contribution in [0.2, 0.25) is 0 Å². The molecule has 152 valence electrons. The average Bonchev–Trinajstić information content (AvgIpc) is 2.77. The molecule has 1 amide bonds. The van der Waals surface area contributed by atoms with Gasteiger partial charge in [0.25, 0.3) is 0 Å². The predicted molar refractivity (Wildman–Crippen MR) is 111 cm³/mol. The molecule has 1 aliphatic rings. The smallest absolute Gasteiger partial charge is 0.337 e. The fourth-order valence-electron chi connectivity index (χ4n) is 3.18. The Bertz CT molecular complexity index is 834. The molecular formula is C23H26N2O4. The van der Waals surface area contributed by atoms with Gasteiger partial charge in [-0.15, -0.1) is 0 Å². The highest BCUT2D eigenvalue weighted by Crippen LogP contribution is 2.10. The van der Waals surface area contributed by atoms with Gasteiger partial charge in [-0.1, -0.05) is 42.5 Å². The summed E-state index contributed by atoms with van der Waals surface area (Å²) in [6, 6.07) is 17.2. The molecule has 1 fully saturated rings. The number of amides is 1. The van der Waals surface area contributed by atoms with Crippen molar-refractivity contribution in [3.05, 3.63) is 77.4 Å². The summed E-state index contributed by atoms with van der Waals surface area (Å²) in [6.07, 6.45) is 3.17. The zero-order chi connectivity index (χ0) is 20.5. The van der Waals surface area contributed by atoms with Crippen LogP contribution in [0.25, 0.3) is 6.08 Å². The second-order valence-corrected chi connectivity index (χ2v) is 6.91. The number of rotatable bonds is 7. The van der Waals surface area contributed by atoms with E-state index in [4.69, 9.17) is 4.74 Å². The lowest BCUT2D eigenvalue weighted by Crippen LogP contribution is -2.46. The van der Waals surface area contributed by atoms with Crippen molar-refractivity contribution in [1.82, 2.24) is 10.2 Å². The number of morpholine rings is 1. The molecule has 1 aliphatic heterocycles. The van der Waals surface area contributed by atoms with Crippen LogP contribution in [0.5, 0.6) is 0 Å². The van der Waals surface area contributed by atoms with E-state index in [1.54, 1.807) is 30.3 Å². The van der Waals surface area contributed by atoms with Crippen molar-refractivity contribution in [2.45, 2.75) is 12.6 Å². The summed E-state index contributed by atoms with van der Waals surface area (Å²) in [5, 5.41) is 2.89. The topological polar surface area (TPSA) is 67.9 Å². The van der Waals surface area contributed by atoms with Crippen molar-refractivity contribution in [1.29, 1.82) is 0 Å². The fraction of sp³-hybridized carbons (Fsp3) is 0.304. The molecule has 1 saturated heterocycles. The van der Waals surface area contributed by atoms with Crippen molar-refractivity contribution in [2.24, 2.45) is 0 Å². The molecular weight excluding hydrogens is 368 g/mol. The maximum atomic E-state index is 12.1. The molecule has 1 atom stereocenters. The maximum absolute atomic E-state index is 12.1. The fourth-order valence-corrected chi connectivity index (χ4v) is 3.18. The molecule has 0 saturated carbocycles. The number of nitrogens with one attached hydrogen (secondary N) is 1. The highest BCUT2D eigenvalue weighted by molar-refractivity contribution is 5.92. The van der Waals surface area contributed by atoms with E-state index in [0.717, 1.165) is 25.2 Å². The summed E-state index contributed by atoms with van der Waals surface area (Å²) in [6.45, 7) is 3.69. The number of nitrogens with zero attached hydrogens (tertiary/aromatic N) is 1. The molecule has 2 aromatic rings. The van der Waals surface area contributed by atoms with Crippen molar-refractivity contribution < 1.29 is 19.1 Å². The lowest BCUT2D eigenvalue weighted by Gasteiger charge is -2.33. The van der Waals surface area contributed by atoms with E-state index in [-0.39, 0.29) is 18.0 Å². The molecule has 1 heterocycles.